The molecule has 0 aliphatic rings. The highest BCUT2D eigenvalue weighted by Crippen LogP contribution is 2.22. The van der Waals surface area contributed by atoms with Crippen molar-refractivity contribution in [2.24, 2.45) is 0 Å². The number of nitrogens with one attached hydrogen (secondary N) is 1. The molecule has 1 N–H and O–H groups in total. The van der Waals surface area contributed by atoms with E-state index < -0.39 is 0 Å². The van der Waals surface area contributed by atoms with E-state index in [2.05, 4.69) is 56.4 Å². The Hall–Kier alpha value is -1.96. The van der Waals surface area contributed by atoms with Crippen molar-refractivity contribution in [2.45, 2.75) is 20.8 Å². The summed E-state index contributed by atoms with van der Waals surface area (Å²) < 4.78 is 5.87. The average molecular weight is 255 g/mol. The summed E-state index contributed by atoms with van der Waals surface area (Å²) in [6.07, 6.45) is 0. The van der Waals surface area contributed by atoms with Crippen molar-refractivity contribution in [3.8, 4) is 5.75 Å². The van der Waals surface area contributed by atoms with Crippen molar-refractivity contribution in [2.75, 3.05) is 18.5 Å². The first-order chi connectivity index (χ1) is 9.18. The fourth-order valence-electron chi connectivity index (χ4n) is 2.14. The summed E-state index contributed by atoms with van der Waals surface area (Å²) >= 11 is 0. The fourth-order valence-corrected chi connectivity index (χ4v) is 2.14. The minimum absolute atomic E-state index is 0.667. The summed E-state index contributed by atoms with van der Waals surface area (Å²) in [7, 11) is 0. The Morgan fingerprint density at radius 1 is 0.842 bits per heavy atom. The minimum atomic E-state index is 0.667. The Kier molecular flexibility index (Phi) is 4.45. The minimum Gasteiger partial charge on any atom is -0.491 e. The average Bonchev–Trinajstić information content (AvgIpc) is 2.39. The van der Waals surface area contributed by atoms with Gasteiger partial charge in [0.1, 0.15) is 12.4 Å². The number of ether oxygens (including phenoxy) is 1. The first-order valence-corrected chi connectivity index (χ1v) is 6.67. The van der Waals surface area contributed by atoms with Crippen LogP contribution in [0.3, 0.4) is 0 Å². The molecule has 0 unspecified atom stereocenters. The lowest BCUT2D eigenvalue weighted by atomic mass is 10.1. The van der Waals surface area contributed by atoms with Gasteiger partial charge >= 0.3 is 0 Å². The predicted octanol–water partition coefficient (Wildman–Crippen LogP) is 4.10. The van der Waals surface area contributed by atoms with Crippen LogP contribution in [0.15, 0.2) is 42.5 Å². The molecule has 19 heavy (non-hydrogen) atoms. The smallest absolute Gasteiger partial charge is 0.125 e. The lowest BCUT2D eigenvalue weighted by molar-refractivity contribution is 0.328. The first kappa shape index (κ1) is 13.5. The summed E-state index contributed by atoms with van der Waals surface area (Å²) in [6.45, 7) is 7.74. The highest BCUT2D eigenvalue weighted by molar-refractivity contribution is 5.50. The second-order valence-electron chi connectivity index (χ2n) is 4.81. The van der Waals surface area contributed by atoms with Gasteiger partial charge in [0.2, 0.25) is 0 Å². The summed E-state index contributed by atoms with van der Waals surface area (Å²) in [6, 6.07) is 14.5. The number of aryl methyl sites for hydroxylation is 3. The van der Waals surface area contributed by atoms with Gasteiger partial charge in [0, 0.05) is 12.2 Å². The van der Waals surface area contributed by atoms with Gasteiger partial charge in [-0.15, -0.1) is 0 Å². The third-order valence-corrected chi connectivity index (χ3v) is 3.22. The van der Waals surface area contributed by atoms with Crippen LogP contribution in [-0.2, 0) is 0 Å². The topological polar surface area (TPSA) is 21.3 Å². The summed E-state index contributed by atoms with van der Waals surface area (Å²) in [5, 5.41) is 3.40. The van der Waals surface area contributed by atoms with E-state index in [1.165, 1.54) is 22.4 Å². The molecule has 0 aliphatic carbocycles. The molecule has 2 aromatic rings. The quantitative estimate of drug-likeness (QED) is 0.812. The van der Waals surface area contributed by atoms with Crippen LogP contribution in [0.25, 0.3) is 0 Å². The van der Waals surface area contributed by atoms with Crippen molar-refractivity contribution >= 4 is 5.69 Å². The Morgan fingerprint density at radius 2 is 1.47 bits per heavy atom. The molecule has 0 bridgehead atoms. The number of para-hydroxylation sites is 2. The molecular weight excluding hydrogens is 234 g/mol. The molecule has 0 spiro atoms. The van der Waals surface area contributed by atoms with Crippen LogP contribution in [0.4, 0.5) is 5.69 Å². The molecule has 0 aliphatic heterocycles. The number of hydrogen-bond donors (Lipinski definition) is 1. The predicted molar refractivity (Wildman–Crippen MR) is 81.1 cm³/mol. The molecule has 0 aromatic heterocycles. The second-order valence-corrected chi connectivity index (χ2v) is 4.81. The molecule has 0 fully saturated rings. The van der Waals surface area contributed by atoms with Gasteiger partial charge in [-0.2, -0.15) is 0 Å². The molecule has 2 rings (SSSR count). The van der Waals surface area contributed by atoms with Crippen molar-refractivity contribution in [3.05, 3.63) is 59.2 Å². The van der Waals surface area contributed by atoms with E-state index in [9.17, 15) is 0 Å². The van der Waals surface area contributed by atoms with Crippen LogP contribution in [0.5, 0.6) is 5.75 Å². The zero-order chi connectivity index (χ0) is 13.7. The number of benzene rings is 2. The lowest BCUT2D eigenvalue weighted by Gasteiger charge is -2.13. The Morgan fingerprint density at radius 3 is 2.16 bits per heavy atom. The van der Waals surface area contributed by atoms with Crippen molar-refractivity contribution in [3.63, 3.8) is 0 Å². The van der Waals surface area contributed by atoms with E-state index in [1.54, 1.807) is 0 Å². The van der Waals surface area contributed by atoms with Gasteiger partial charge in [-0.3, -0.25) is 0 Å². The van der Waals surface area contributed by atoms with Crippen LogP contribution < -0.4 is 10.1 Å². The zero-order valence-electron chi connectivity index (χ0n) is 11.9. The molecule has 2 nitrogen and oxygen atoms in total. The molecule has 100 valence electrons. The van der Waals surface area contributed by atoms with Crippen LogP contribution in [0, 0.1) is 20.8 Å². The third kappa shape index (κ3) is 3.50. The van der Waals surface area contributed by atoms with E-state index in [-0.39, 0.29) is 0 Å². The van der Waals surface area contributed by atoms with Gasteiger partial charge < -0.3 is 10.1 Å². The number of rotatable bonds is 5. The molecular formula is C17H21NO. The molecule has 0 amide bonds. The molecule has 0 atom stereocenters. The van der Waals surface area contributed by atoms with Gasteiger partial charge in [-0.1, -0.05) is 36.4 Å². The van der Waals surface area contributed by atoms with Crippen molar-refractivity contribution in [1.82, 2.24) is 0 Å². The SMILES string of the molecule is Cc1ccccc1NCCOc1c(C)cccc1C. The number of anilines is 1. The maximum atomic E-state index is 5.87. The van der Waals surface area contributed by atoms with Crippen LogP contribution in [0.2, 0.25) is 0 Å². The number of hydrogen-bond acceptors (Lipinski definition) is 2. The van der Waals surface area contributed by atoms with Gasteiger partial charge in [-0.05, 0) is 43.5 Å². The standard InChI is InChI=1S/C17H21NO/c1-13-7-4-5-10-16(13)18-11-12-19-17-14(2)8-6-9-15(17)3/h4-10,18H,11-12H2,1-3H3. The fraction of sp³-hybridized carbons (Fsp3) is 0.294. The van der Waals surface area contributed by atoms with Crippen molar-refractivity contribution < 1.29 is 4.74 Å². The largest absolute Gasteiger partial charge is 0.491 e. The van der Waals surface area contributed by atoms with E-state index in [0.29, 0.717) is 6.61 Å². The maximum absolute atomic E-state index is 5.87. The molecule has 0 heterocycles. The molecule has 2 heteroatoms. The normalized spacial score (nSPS) is 10.3. The summed E-state index contributed by atoms with van der Waals surface area (Å²) in [4.78, 5) is 0. The molecule has 0 saturated carbocycles. The molecule has 2 aromatic carbocycles. The van der Waals surface area contributed by atoms with E-state index in [1.807, 2.05) is 12.1 Å². The van der Waals surface area contributed by atoms with Crippen molar-refractivity contribution in [1.29, 1.82) is 0 Å². The van der Waals surface area contributed by atoms with E-state index in [0.717, 1.165) is 12.3 Å². The van der Waals surface area contributed by atoms with E-state index >= 15 is 0 Å². The van der Waals surface area contributed by atoms with Gasteiger partial charge in [-0.25, -0.2) is 0 Å². The molecule has 0 radical (unpaired) electrons. The Bertz CT molecular complexity index is 528. The Balaban J connectivity index is 1.86. The van der Waals surface area contributed by atoms with Gasteiger partial charge in [0.05, 0.1) is 0 Å². The highest BCUT2D eigenvalue weighted by atomic mass is 16.5. The van der Waals surface area contributed by atoms with Crippen LogP contribution in [-0.4, -0.2) is 13.2 Å². The maximum Gasteiger partial charge on any atom is 0.125 e. The first-order valence-electron chi connectivity index (χ1n) is 6.67. The zero-order valence-corrected chi connectivity index (χ0v) is 11.9. The summed E-state index contributed by atoms with van der Waals surface area (Å²) in [5.41, 5.74) is 4.81. The highest BCUT2D eigenvalue weighted by Gasteiger charge is 2.02. The second kappa shape index (κ2) is 6.28. The van der Waals surface area contributed by atoms with Crippen LogP contribution in [0.1, 0.15) is 16.7 Å². The summed E-state index contributed by atoms with van der Waals surface area (Å²) in [5.74, 6) is 1.01. The molecule has 0 saturated heterocycles. The monoisotopic (exact) mass is 255 g/mol. The lowest BCUT2D eigenvalue weighted by Crippen LogP contribution is -2.13. The van der Waals surface area contributed by atoms with Gasteiger partial charge in [0.25, 0.3) is 0 Å². The van der Waals surface area contributed by atoms with Gasteiger partial charge in [0.15, 0.2) is 0 Å². The van der Waals surface area contributed by atoms with E-state index in [4.69, 9.17) is 4.74 Å². The van der Waals surface area contributed by atoms with Crippen LogP contribution >= 0.6 is 0 Å². The Labute approximate surface area is 115 Å². The third-order valence-electron chi connectivity index (χ3n) is 3.22.